The zero-order valence-corrected chi connectivity index (χ0v) is 13.9. The molecule has 126 valence electrons. The van der Waals surface area contributed by atoms with E-state index >= 15 is 0 Å². The molecule has 0 spiro atoms. The van der Waals surface area contributed by atoms with Crippen molar-refractivity contribution in [1.29, 1.82) is 0 Å². The summed E-state index contributed by atoms with van der Waals surface area (Å²) in [7, 11) is 1.74. The molecule has 0 bridgehead atoms. The van der Waals surface area contributed by atoms with E-state index in [4.69, 9.17) is 4.74 Å². The first-order valence-corrected chi connectivity index (χ1v) is 8.58. The number of ether oxygens (including phenoxy) is 1. The highest BCUT2D eigenvalue weighted by Gasteiger charge is 2.33. The standard InChI is InChI=1S/C18H27N3O2/c1-23-14-13-20-9-11-21(12-10-20)17(15-5-3-2-4-6-15)18(22)19-16-7-8-16/h2-6,16-17H,7-14H2,1H3,(H,19,22)/t17-/m1/s1. The maximum atomic E-state index is 12.8. The molecule has 5 nitrogen and oxygen atoms in total. The molecule has 1 aliphatic heterocycles. The van der Waals surface area contributed by atoms with Crippen LogP contribution in [0, 0.1) is 0 Å². The monoisotopic (exact) mass is 317 g/mol. The van der Waals surface area contributed by atoms with Gasteiger partial charge in [0.1, 0.15) is 6.04 Å². The Hall–Kier alpha value is -1.43. The number of nitrogens with zero attached hydrogens (tertiary/aromatic N) is 2. The number of nitrogens with one attached hydrogen (secondary N) is 1. The molecule has 1 atom stereocenters. The van der Waals surface area contributed by atoms with Crippen LogP contribution in [0.15, 0.2) is 30.3 Å². The Balaban J connectivity index is 1.65. The molecular formula is C18H27N3O2. The quantitative estimate of drug-likeness (QED) is 0.823. The largest absolute Gasteiger partial charge is 0.383 e. The molecule has 0 radical (unpaired) electrons. The summed E-state index contributed by atoms with van der Waals surface area (Å²) in [4.78, 5) is 17.5. The van der Waals surface area contributed by atoms with E-state index in [0.29, 0.717) is 6.04 Å². The van der Waals surface area contributed by atoms with Gasteiger partial charge >= 0.3 is 0 Å². The fourth-order valence-electron chi connectivity index (χ4n) is 3.14. The van der Waals surface area contributed by atoms with Crippen LogP contribution in [0.4, 0.5) is 0 Å². The normalized spacial score (nSPS) is 21.1. The Kier molecular flexibility index (Phi) is 5.65. The summed E-state index contributed by atoms with van der Waals surface area (Å²) in [6, 6.07) is 10.4. The molecule has 0 aromatic heterocycles. The molecule has 1 aliphatic carbocycles. The fraction of sp³-hybridized carbons (Fsp3) is 0.611. The molecule has 0 unspecified atom stereocenters. The second kappa shape index (κ2) is 7.90. The predicted molar refractivity (Wildman–Crippen MR) is 90.2 cm³/mol. The maximum absolute atomic E-state index is 12.8. The van der Waals surface area contributed by atoms with Crippen molar-refractivity contribution in [2.45, 2.75) is 24.9 Å². The minimum Gasteiger partial charge on any atom is -0.383 e. The summed E-state index contributed by atoms with van der Waals surface area (Å²) in [6.07, 6.45) is 2.25. The number of carbonyl (C=O) groups excluding carboxylic acids is 1. The minimum absolute atomic E-state index is 0.157. The molecule has 3 rings (SSSR count). The molecule has 1 aromatic carbocycles. The Labute approximate surface area is 138 Å². The molecule has 1 saturated heterocycles. The lowest BCUT2D eigenvalue weighted by molar-refractivity contribution is -0.127. The number of methoxy groups -OCH3 is 1. The van der Waals surface area contributed by atoms with Crippen molar-refractivity contribution in [1.82, 2.24) is 15.1 Å². The third kappa shape index (κ3) is 4.53. The van der Waals surface area contributed by atoms with Gasteiger partial charge in [0.2, 0.25) is 5.91 Å². The summed E-state index contributed by atoms with van der Waals surface area (Å²) >= 11 is 0. The van der Waals surface area contributed by atoms with Gasteiger partial charge in [-0.25, -0.2) is 0 Å². The summed E-state index contributed by atoms with van der Waals surface area (Å²) in [6.45, 7) is 5.55. The van der Waals surface area contributed by atoms with Crippen LogP contribution >= 0.6 is 0 Å². The van der Waals surface area contributed by atoms with Crippen LogP contribution in [0.25, 0.3) is 0 Å². The fourth-order valence-corrected chi connectivity index (χ4v) is 3.14. The van der Waals surface area contributed by atoms with Crippen molar-refractivity contribution < 1.29 is 9.53 Å². The van der Waals surface area contributed by atoms with E-state index in [1.165, 1.54) is 0 Å². The van der Waals surface area contributed by atoms with Gasteiger partial charge in [-0.1, -0.05) is 30.3 Å². The summed E-state index contributed by atoms with van der Waals surface area (Å²) < 4.78 is 5.16. The number of rotatable bonds is 7. The predicted octanol–water partition coefficient (Wildman–Crippen LogP) is 1.27. The number of carbonyl (C=O) groups is 1. The lowest BCUT2D eigenvalue weighted by Gasteiger charge is -2.38. The van der Waals surface area contributed by atoms with E-state index in [2.05, 4.69) is 27.2 Å². The van der Waals surface area contributed by atoms with Crippen LogP contribution in [0.1, 0.15) is 24.4 Å². The molecule has 2 aliphatic rings. The minimum atomic E-state index is -0.165. The lowest BCUT2D eigenvalue weighted by Crippen LogP contribution is -2.51. The molecule has 1 N–H and O–H groups in total. The van der Waals surface area contributed by atoms with Crippen molar-refractivity contribution in [2.75, 3.05) is 46.4 Å². The summed E-state index contributed by atoms with van der Waals surface area (Å²) in [5.74, 6) is 0.157. The van der Waals surface area contributed by atoms with Crippen LogP contribution in [0.5, 0.6) is 0 Å². The average molecular weight is 317 g/mol. The van der Waals surface area contributed by atoms with Gasteiger partial charge in [-0.15, -0.1) is 0 Å². The molecule has 1 amide bonds. The van der Waals surface area contributed by atoms with Crippen LogP contribution in [0.3, 0.4) is 0 Å². The molecule has 23 heavy (non-hydrogen) atoms. The van der Waals surface area contributed by atoms with Crippen molar-refractivity contribution in [3.05, 3.63) is 35.9 Å². The smallest absolute Gasteiger partial charge is 0.242 e. The second-order valence-corrected chi connectivity index (χ2v) is 6.47. The summed E-state index contributed by atoms with van der Waals surface area (Å²) in [5, 5.41) is 3.18. The van der Waals surface area contributed by atoms with Gasteiger partial charge in [0.25, 0.3) is 0 Å². The lowest BCUT2D eigenvalue weighted by atomic mass is 10.0. The van der Waals surface area contributed by atoms with Gasteiger partial charge in [-0.3, -0.25) is 14.6 Å². The first-order valence-electron chi connectivity index (χ1n) is 8.58. The van der Waals surface area contributed by atoms with Gasteiger partial charge < -0.3 is 10.1 Å². The van der Waals surface area contributed by atoms with E-state index in [9.17, 15) is 4.79 Å². The van der Waals surface area contributed by atoms with Gasteiger partial charge in [-0.2, -0.15) is 0 Å². The van der Waals surface area contributed by atoms with Gasteiger partial charge in [0.05, 0.1) is 6.61 Å². The third-order valence-electron chi connectivity index (χ3n) is 4.67. The molecule has 1 aromatic rings. The van der Waals surface area contributed by atoms with E-state index in [-0.39, 0.29) is 11.9 Å². The topological polar surface area (TPSA) is 44.8 Å². The second-order valence-electron chi connectivity index (χ2n) is 6.47. The highest BCUT2D eigenvalue weighted by atomic mass is 16.5. The van der Waals surface area contributed by atoms with Crippen LogP contribution in [-0.4, -0.2) is 68.2 Å². The Morgan fingerprint density at radius 2 is 1.91 bits per heavy atom. The highest BCUT2D eigenvalue weighted by molar-refractivity contribution is 5.83. The number of piperazine rings is 1. The van der Waals surface area contributed by atoms with Gasteiger partial charge in [0, 0.05) is 45.9 Å². The maximum Gasteiger partial charge on any atom is 0.242 e. The van der Waals surface area contributed by atoms with Gasteiger partial charge in [-0.05, 0) is 18.4 Å². The Morgan fingerprint density at radius 3 is 2.52 bits per heavy atom. The molecule has 1 heterocycles. The molecule has 1 saturated carbocycles. The zero-order chi connectivity index (χ0) is 16.1. The van der Waals surface area contributed by atoms with E-state index in [0.717, 1.165) is 57.7 Å². The number of hydrogen-bond donors (Lipinski definition) is 1. The van der Waals surface area contributed by atoms with E-state index in [1.807, 2.05) is 18.2 Å². The average Bonchev–Trinajstić information content (AvgIpc) is 3.39. The van der Waals surface area contributed by atoms with Crippen molar-refractivity contribution in [2.24, 2.45) is 0 Å². The molecule has 2 fully saturated rings. The molecular weight excluding hydrogens is 290 g/mol. The first-order chi connectivity index (χ1) is 11.3. The number of amides is 1. The number of benzene rings is 1. The van der Waals surface area contributed by atoms with Crippen LogP contribution < -0.4 is 5.32 Å². The van der Waals surface area contributed by atoms with E-state index in [1.54, 1.807) is 7.11 Å². The van der Waals surface area contributed by atoms with E-state index < -0.39 is 0 Å². The first kappa shape index (κ1) is 16.4. The van der Waals surface area contributed by atoms with Crippen molar-refractivity contribution in [3.8, 4) is 0 Å². The highest BCUT2D eigenvalue weighted by Crippen LogP contribution is 2.25. The van der Waals surface area contributed by atoms with Crippen LogP contribution in [0.2, 0.25) is 0 Å². The summed E-state index contributed by atoms with van der Waals surface area (Å²) in [5.41, 5.74) is 1.09. The third-order valence-corrected chi connectivity index (χ3v) is 4.67. The Bertz CT molecular complexity index is 496. The number of hydrogen-bond acceptors (Lipinski definition) is 4. The van der Waals surface area contributed by atoms with Crippen LogP contribution in [-0.2, 0) is 9.53 Å². The van der Waals surface area contributed by atoms with Gasteiger partial charge in [0.15, 0.2) is 0 Å². The SMILES string of the molecule is COCCN1CCN([C@@H](C(=O)NC2CC2)c2ccccc2)CC1. The van der Waals surface area contributed by atoms with Crippen molar-refractivity contribution in [3.63, 3.8) is 0 Å². The molecule has 5 heteroatoms. The Morgan fingerprint density at radius 1 is 1.22 bits per heavy atom. The zero-order valence-electron chi connectivity index (χ0n) is 13.9. The van der Waals surface area contributed by atoms with Crippen molar-refractivity contribution >= 4 is 5.91 Å².